The summed E-state index contributed by atoms with van der Waals surface area (Å²) in [5.74, 6) is 0. The van der Waals surface area contributed by atoms with E-state index >= 15 is 0 Å². The molecule has 0 aromatic heterocycles. The summed E-state index contributed by atoms with van der Waals surface area (Å²) in [7, 11) is 0. The van der Waals surface area contributed by atoms with Gasteiger partial charge >= 0.3 is 0 Å². The summed E-state index contributed by atoms with van der Waals surface area (Å²) >= 11 is 0. The van der Waals surface area contributed by atoms with Gasteiger partial charge in [-0.05, 0) is 6.90 Å². The lowest BCUT2D eigenvalue weighted by atomic mass is 9.97. The molecule has 0 bridgehead atoms. The third-order valence-corrected chi connectivity index (χ3v) is 1.27. The second kappa shape index (κ2) is 3.77. The molecule has 0 saturated carbocycles. The second-order valence-electron chi connectivity index (χ2n) is 2.30. The molecule has 0 aromatic rings. The molecule has 4 N–H and O–H groups in total. The highest BCUT2D eigenvalue weighted by Crippen LogP contribution is 2.09. The number of aliphatic hydroxyl groups is 4. The Labute approximate surface area is 65.3 Å². The molecule has 0 amide bonds. The fraction of sp³-hybridized carbons (Fsp3) is 0.833. The van der Waals surface area contributed by atoms with Crippen LogP contribution in [0.2, 0.25) is 0 Å². The van der Waals surface area contributed by atoms with E-state index in [2.05, 4.69) is 0 Å². The maximum atomic E-state index is 10.2. The fourth-order valence-corrected chi connectivity index (χ4v) is 0.503. The molecule has 0 fully saturated rings. The minimum atomic E-state index is -2.30. The predicted octanol–water partition coefficient (Wildman–Crippen LogP) is -2.35. The zero-order chi connectivity index (χ0) is 9.78. The molecule has 0 aliphatic carbocycles. The number of carbonyl (C=O) groups excluding carboxylic acids is 1. The van der Waals surface area contributed by atoms with E-state index in [1.165, 1.54) is 0 Å². The molecule has 0 unspecified atom stereocenters. The number of aliphatic hydroxyl groups excluding tert-OH is 3. The Morgan fingerprint density at radius 1 is 1.73 bits per heavy atom. The molecule has 0 saturated heterocycles. The molecule has 0 heterocycles. The van der Waals surface area contributed by atoms with Gasteiger partial charge in [0.05, 0.1) is 6.61 Å². The Morgan fingerprint density at radius 3 is 2.55 bits per heavy atom. The normalized spacial score (nSPS) is 23.1. The topological polar surface area (TPSA) is 98.0 Å². The number of aldehydes is 1. The molecule has 66 valence electrons. The van der Waals surface area contributed by atoms with Crippen LogP contribution in [0.4, 0.5) is 0 Å². The minimum Gasteiger partial charge on any atom is -0.394 e. The highest BCUT2D eigenvalue weighted by molar-refractivity contribution is 5.62. The van der Waals surface area contributed by atoms with Crippen LogP contribution in [-0.2, 0) is 4.79 Å². The molecule has 5 nitrogen and oxygen atoms in total. The molecule has 0 radical (unpaired) electrons. The van der Waals surface area contributed by atoms with Gasteiger partial charge in [0, 0.05) is 1.37 Å². The van der Waals surface area contributed by atoms with Crippen molar-refractivity contribution < 1.29 is 26.6 Å². The largest absolute Gasteiger partial charge is 0.394 e. The molecule has 5 heteroatoms. The third-order valence-electron chi connectivity index (χ3n) is 1.27. The van der Waals surface area contributed by atoms with Gasteiger partial charge in [-0.25, -0.2) is 0 Å². The van der Waals surface area contributed by atoms with Gasteiger partial charge < -0.3 is 25.2 Å². The fourth-order valence-electron chi connectivity index (χ4n) is 0.503. The SMILES string of the molecule is [2H]C[C@@](O)(C=O)[C@H](O)[C@H](O)CO. The van der Waals surface area contributed by atoms with Crippen molar-refractivity contribution in [2.45, 2.75) is 24.7 Å². The average molecular weight is 165 g/mol. The molecule has 0 rings (SSSR count). The Morgan fingerprint density at radius 2 is 2.27 bits per heavy atom. The Hall–Kier alpha value is -0.490. The lowest BCUT2D eigenvalue weighted by Gasteiger charge is -2.25. The Bertz CT molecular complexity index is 153. The highest BCUT2D eigenvalue weighted by Gasteiger charge is 2.34. The smallest absolute Gasteiger partial charge is 0.154 e. The van der Waals surface area contributed by atoms with Crippen molar-refractivity contribution in [1.82, 2.24) is 0 Å². The first-order chi connectivity index (χ1) is 5.51. The number of rotatable bonds is 4. The molecule has 0 aliphatic heterocycles. The first-order valence-electron chi connectivity index (χ1n) is 3.67. The molecular formula is C6H12O5. The van der Waals surface area contributed by atoms with Gasteiger partial charge in [0.2, 0.25) is 0 Å². The summed E-state index contributed by atoms with van der Waals surface area (Å²) in [4.78, 5) is 10.2. The molecule has 0 aromatic carbocycles. The van der Waals surface area contributed by atoms with E-state index in [-0.39, 0.29) is 6.29 Å². The number of hydrogen-bond acceptors (Lipinski definition) is 5. The van der Waals surface area contributed by atoms with Crippen LogP contribution in [0, 0.1) is 0 Å². The van der Waals surface area contributed by atoms with Crippen LogP contribution < -0.4 is 0 Å². The Kier molecular flexibility index (Phi) is 2.95. The summed E-state index contributed by atoms with van der Waals surface area (Å²) < 4.78 is 6.72. The second-order valence-corrected chi connectivity index (χ2v) is 2.30. The van der Waals surface area contributed by atoms with E-state index in [9.17, 15) is 4.79 Å². The standard InChI is InChI=1S/C6H12O5/c1-6(11,3-8)5(10)4(9)2-7/h3-5,7,9-11H,2H2,1H3/t4-,5-,6-/m1/s1/i1D. The summed E-state index contributed by atoms with van der Waals surface area (Å²) in [6, 6.07) is 0. The summed E-state index contributed by atoms with van der Waals surface area (Å²) in [5.41, 5.74) is -2.30. The van der Waals surface area contributed by atoms with Crippen LogP contribution in [0.25, 0.3) is 0 Å². The molecule has 0 spiro atoms. The lowest BCUT2D eigenvalue weighted by Crippen LogP contribution is -2.49. The van der Waals surface area contributed by atoms with E-state index < -0.39 is 31.3 Å². The van der Waals surface area contributed by atoms with Crippen LogP contribution >= 0.6 is 0 Å². The van der Waals surface area contributed by atoms with E-state index in [0.29, 0.717) is 0 Å². The first kappa shape index (κ1) is 8.61. The zero-order valence-electron chi connectivity index (χ0n) is 6.84. The van der Waals surface area contributed by atoms with Gasteiger partial charge in [-0.15, -0.1) is 0 Å². The zero-order valence-corrected chi connectivity index (χ0v) is 5.84. The lowest BCUT2D eigenvalue weighted by molar-refractivity contribution is -0.148. The van der Waals surface area contributed by atoms with Crippen LogP contribution in [0.1, 0.15) is 8.27 Å². The van der Waals surface area contributed by atoms with Crippen molar-refractivity contribution in [3.63, 3.8) is 0 Å². The number of hydrogen-bond donors (Lipinski definition) is 4. The van der Waals surface area contributed by atoms with Crippen LogP contribution in [0.3, 0.4) is 0 Å². The van der Waals surface area contributed by atoms with Crippen LogP contribution in [-0.4, -0.2) is 51.1 Å². The summed E-state index contributed by atoms with van der Waals surface area (Å²) in [5, 5.41) is 35.3. The van der Waals surface area contributed by atoms with Crippen molar-refractivity contribution in [2.75, 3.05) is 6.61 Å². The van der Waals surface area contributed by atoms with E-state index in [1.54, 1.807) is 0 Å². The monoisotopic (exact) mass is 165 g/mol. The minimum absolute atomic E-state index is 0.0243. The van der Waals surface area contributed by atoms with Crippen molar-refractivity contribution in [3.8, 4) is 0 Å². The maximum Gasteiger partial charge on any atom is 0.154 e. The van der Waals surface area contributed by atoms with E-state index in [4.69, 9.17) is 21.8 Å². The van der Waals surface area contributed by atoms with E-state index in [0.717, 1.165) is 0 Å². The van der Waals surface area contributed by atoms with Gasteiger partial charge in [0.1, 0.15) is 17.8 Å². The average Bonchev–Trinajstić information content (AvgIpc) is 2.14. The van der Waals surface area contributed by atoms with Crippen molar-refractivity contribution in [3.05, 3.63) is 0 Å². The van der Waals surface area contributed by atoms with Gasteiger partial charge in [-0.3, -0.25) is 0 Å². The van der Waals surface area contributed by atoms with Gasteiger partial charge in [0.25, 0.3) is 0 Å². The van der Waals surface area contributed by atoms with Crippen molar-refractivity contribution in [1.29, 1.82) is 0 Å². The van der Waals surface area contributed by atoms with Gasteiger partial charge in [-0.2, -0.15) is 0 Å². The molecule has 3 atom stereocenters. The van der Waals surface area contributed by atoms with Crippen molar-refractivity contribution in [2.24, 2.45) is 0 Å². The van der Waals surface area contributed by atoms with Gasteiger partial charge in [-0.1, -0.05) is 0 Å². The quantitative estimate of drug-likeness (QED) is 0.350. The highest BCUT2D eigenvalue weighted by atomic mass is 16.4. The van der Waals surface area contributed by atoms with Gasteiger partial charge in [0.15, 0.2) is 6.29 Å². The molecule has 0 aliphatic rings. The van der Waals surface area contributed by atoms with Crippen LogP contribution in [0.5, 0.6) is 0 Å². The molecule has 11 heavy (non-hydrogen) atoms. The van der Waals surface area contributed by atoms with Crippen molar-refractivity contribution >= 4 is 6.29 Å². The summed E-state index contributed by atoms with van der Waals surface area (Å²) in [6.07, 6.45) is -3.48. The molecular weight excluding hydrogens is 152 g/mol. The van der Waals surface area contributed by atoms with Crippen LogP contribution in [0.15, 0.2) is 0 Å². The number of carbonyl (C=O) groups is 1. The predicted molar refractivity (Wildman–Crippen MR) is 35.8 cm³/mol. The van der Waals surface area contributed by atoms with E-state index in [1.807, 2.05) is 0 Å². The maximum absolute atomic E-state index is 10.2. The Balaban J connectivity index is 4.40. The third kappa shape index (κ3) is 2.55. The summed E-state index contributed by atoms with van der Waals surface area (Å²) in [6.45, 7) is -1.55. The first-order valence-corrected chi connectivity index (χ1v) is 2.96.